The van der Waals surface area contributed by atoms with Gasteiger partial charge < -0.3 is 30.0 Å². The smallest absolute Gasteiger partial charge is 0.312 e. The van der Waals surface area contributed by atoms with E-state index in [2.05, 4.69) is 0 Å². The number of aliphatic hydroxyl groups is 3. The van der Waals surface area contributed by atoms with Gasteiger partial charge in [0.05, 0.1) is 36.4 Å². The molecule has 0 radical (unpaired) electrons. The van der Waals surface area contributed by atoms with Crippen molar-refractivity contribution in [2.75, 3.05) is 19.6 Å². The zero-order valence-electron chi connectivity index (χ0n) is 17.0. The topological polar surface area (TPSA) is 122 Å². The van der Waals surface area contributed by atoms with Gasteiger partial charge in [-0.3, -0.25) is 14.4 Å². The van der Waals surface area contributed by atoms with E-state index in [4.69, 9.17) is 0 Å². The van der Waals surface area contributed by atoms with Crippen LogP contribution in [0.2, 0.25) is 0 Å². The van der Waals surface area contributed by atoms with Crippen LogP contribution < -0.4 is 0 Å². The van der Waals surface area contributed by atoms with Crippen molar-refractivity contribution >= 4 is 17.7 Å². The van der Waals surface area contributed by atoms with E-state index in [1.165, 1.54) is 35.5 Å². The van der Waals surface area contributed by atoms with Crippen molar-refractivity contribution < 1.29 is 29.7 Å². The molecule has 156 valence electrons. The van der Waals surface area contributed by atoms with Crippen LogP contribution in [0.1, 0.15) is 41.5 Å². The van der Waals surface area contributed by atoms with E-state index in [1.807, 2.05) is 0 Å². The van der Waals surface area contributed by atoms with Crippen LogP contribution in [0.4, 0.5) is 0 Å². The van der Waals surface area contributed by atoms with Gasteiger partial charge in [-0.2, -0.15) is 0 Å². The summed E-state index contributed by atoms with van der Waals surface area (Å²) in [5.74, 6) is -1.85. The predicted octanol–water partition coefficient (Wildman–Crippen LogP) is -1.21. The number of hydrogen-bond donors (Lipinski definition) is 3. The second-order valence-electron chi connectivity index (χ2n) is 7.61. The first kappa shape index (κ1) is 23.3. The van der Waals surface area contributed by atoms with Gasteiger partial charge in [-0.15, -0.1) is 0 Å². The Balaban J connectivity index is 3.46. The molecular formula is C18H33N3O6. The van der Waals surface area contributed by atoms with Gasteiger partial charge in [0.15, 0.2) is 0 Å². The first-order valence-electron chi connectivity index (χ1n) is 9.31. The van der Waals surface area contributed by atoms with Gasteiger partial charge in [0.1, 0.15) is 0 Å². The maximum atomic E-state index is 12.8. The number of nitrogens with zero attached hydrogens (tertiary/aromatic N) is 3. The van der Waals surface area contributed by atoms with E-state index in [-0.39, 0.29) is 25.5 Å². The first-order valence-corrected chi connectivity index (χ1v) is 9.31. The number of carbonyl (C=O) groups excluding carboxylic acids is 3. The number of carbonyl (C=O) groups is 3. The fourth-order valence-electron chi connectivity index (χ4n) is 3.72. The molecule has 0 aliphatic carbocycles. The third-order valence-electron chi connectivity index (χ3n) is 4.82. The average Bonchev–Trinajstić information content (AvgIpc) is 2.58. The van der Waals surface area contributed by atoms with Crippen LogP contribution in [0.5, 0.6) is 0 Å². The van der Waals surface area contributed by atoms with E-state index in [9.17, 15) is 29.7 Å². The lowest BCUT2D eigenvalue weighted by Gasteiger charge is -2.43. The van der Waals surface area contributed by atoms with Gasteiger partial charge in [0, 0.05) is 26.6 Å². The van der Waals surface area contributed by atoms with Crippen LogP contribution in [0, 0.1) is 0 Å². The van der Waals surface area contributed by atoms with Gasteiger partial charge in [0.25, 0.3) is 0 Å². The third-order valence-corrected chi connectivity index (χ3v) is 4.82. The molecular weight excluding hydrogens is 354 g/mol. The highest BCUT2D eigenvalue weighted by Gasteiger charge is 2.46. The monoisotopic (exact) mass is 387 g/mol. The molecule has 1 aliphatic heterocycles. The van der Waals surface area contributed by atoms with Crippen molar-refractivity contribution in [1.82, 2.24) is 14.7 Å². The Morgan fingerprint density at radius 3 is 1.56 bits per heavy atom. The Labute approximate surface area is 160 Å². The molecule has 5 atom stereocenters. The quantitative estimate of drug-likeness (QED) is 0.472. The molecule has 0 saturated carbocycles. The fraction of sp³-hybridized carbons (Fsp3) is 0.833. The van der Waals surface area contributed by atoms with Crippen molar-refractivity contribution in [3.05, 3.63) is 0 Å². The molecule has 3 amide bonds. The summed E-state index contributed by atoms with van der Waals surface area (Å²) >= 11 is 0. The zero-order chi connectivity index (χ0) is 21.0. The summed E-state index contributed by atoms with van der Waals surface area (Å²) in [5.41, 5.74) is 0. The van der Waals surface area contributed by atoms with Crippen molar-refractivity contribution in [3.8, 4) is 0 Å². The molecule has 0 aromatic carbocycles. The third kappa shape index (κ3) is 5.63. The van der Waals surface area contributed by atoms with Crippen molar-refractivity contribution in [1.29, 1.82) is 0 Å². The largest absolute Gasteiger partial charge is 0.392 e. The molecule has 1 rings (SSSR count). The Morgan fingerprint density at radius 1 is 0.926 bits per heavy atom. The highest BCUT2D eigenvalue weighted by atomic mass is 16.3. The first-order chi connectivity index (χ1) is 12.4. The minimum absolute atomic E-state index is 0.0437. The molecule has 9 heteroatoms. The van der Waals surface area contributed by atoms with E-state index in [0.29, 0.717) is 0 Å². The van der Waals surface area contributed by atoms with Gasteiger partial charge in [0.2, 0.25) is 5.91 Å². The van der Waals surface area contributed by atoms with Gasteiger partial charge >= 0.3 is 11.8 Å². The molecule has 3 N–H and O–H groups in total. The van der Waals surface area contributed by atoms with Gasteiger partial charge in [-0.1, -0.05) is 0 Å². The van der Waals surface area contributed by atoms with Crippen LogP contribution in [0.3, 0.4) is 0 Å². The van der Waals surface area contributed by atoms with E-state index in [0.717, 1.165) is 0 Å². The molecule has 1 fully saturated rings. The molecule has 1 heterocycles. The zero-order valence-corrected chi connectivity index (χ0v) is 17.0. The van der Waals surface area contributed by atoms with E-state index < -0.39 is 48.3 Å². The SMILES string of the molecule is CC(=O)N(CC(C)O)C1C(C)N(CC(C)O)C(=O)C(=O)N(CC(C)O)C1C. The predicted molar refractivity (Wildman–Crippen MR) is 98.6 cm³/mol. The summed E-state index contributed by atoms with van der Waals surface area (Å²) < 4.78 is 0. The van der Waals surface area contributed by atoms with Crippen molar-refractivity contribution in [3.63, 3.8) is 0 Å². The molecule has 9 nitrogen and oxygen atoms in total. The van der Waals surface area contributed by atoms with Crippen LogP contribution >= 0.6 is 0 Å². The summed E-state index contributed by atoms with van der Waals surface area (Å²) in [4.78, 5) is 41.9. The molecule has 0 aromatic rings. The van der Waals surface area contributed by atoms with Crippen molar-refractivity contribution in [2.45, 2.75) is 78.0 Å². The maximum absolute atomic E-state index is 12.8. The minimum atomic E-state index is -0.856. The molecule has 0 bridgehead atoms. The highest BCUT2D eigenvalue weighted by Crippen LogP contribution is 2.25. The summed E-state index contributed by atoms with van der Waals surface area (Å²) in [5, 5.41) is 29.4. The van der Waals surface area contributed by atoms with Crippen LogP contribution in [-0.4, -0.2) is 104 Å². The normalized spacial score (nSPS) is 27.2. The molecule has 27 heavy (non-hydrogen) atoms. The standard InChI is InChI=1S/C18H33N3O6/c1-10(22)7-19-13(4)16(21(15(6)25)9-12(3)24)14(5)20(8-11(2)23)18(27)17(19)26/h10-14,16,22-24H,7-9H2,1-6H3. The van der Waals surface area contributed by atoms with Gasteiger partial charge in [-0.05, 0) is 34.6 Å². The molecule has 5 unspecified atom stereocenters. The highest BCUT2D eigenvalue weighted by molar-refractivity contribution is 6.35. The number of β-amino-alcohol motifs (C(OH)–C–C–N with tert-alkyl or cyclic N) is 2. The summed E-state index contributed by atoms with van der Waals surface area (Å²) in [6, 6.07) is -1.76. The van der Waals surface area contributed by atoms with Crippen molar-refractivity contribution in [2.24, 2.45) is 0 Å². The summed E-state index contributed by atoms with van der Waals surface area (Å²) in [7, 11) is 0. The molecule has 1 aliphatic rings. The summed E-state index contributed by atoms with van der Waals surface area (Å²) in [6.45, 7) is 9.32. The molecule has 0 aromatic heterocycles. The average molecular weight is 387 g/mol. The fourth-order valence-corrected chi connectivity index (χ4v) is 3.72. The van der Waals surface area contributed by atoms with Crippen LogP contribution in [0.25, 0.3) is 0 Å². The van der Waals surface area contributed by atoms with Crippen LogP contribution in [0.15, 0.2) is 0 Å². The summed E-state index contributed by atoms with van der Waals surface area (Å²) in [6.07, 6.45) is -2.50. The van der Waals surface area contributed by atoms with E-state index in [1.54, 1.807) is 20.8 Å². The van der Waals surface area contributed by atoms with Crippen LogP contribution in [-0.2, 0) is 14.4 Å². The number of aliphatic hydroxyl groups excluding tert-OH is 3. The lowest BCUT2D eigenvalue weighted by Crippen LogP contribution is -2.60. The minimum Gasteiger partial charge on any atom is -0.392 e. The lowest BCUT2D eigenvalue weighted by molar-refractivity contribution is -0.153. The Hall–Kier alpha value is -1.71. The Bertz CT molecular complexity index is 517. The number of hydrogen-bond acceptors (Lipinski definition) is 6. The molecule has 0 spiro atoms. The molecule has 1 saturated heterocycles. The Morgan fingerprint density at radius 2 is 1.30 bits per heavy atom. The van der Waals surface area contributed by atoms with Gasteiger partial charge in [-0.25, -0.2) is 0 Å². The second kappa shape index (κ2) is 9.48. The lowest BCUT2D eigenvalue weighted by atomic mass is 9.97. The second-order valence-corrected chi connectivity index (χ2v) is 7.61. The maximum Gasteiger partial charge on any atom is 0.312 e. The number of rotatable bonds is 7. The van der Waals surface area contributed by atoms with E-state index >= 15 is 0 Å². The Kier molecular flexibility index (Phi) is 8.19. The number of amides is 3.